The van der Waals surface area contributed by atoms with Crippen LogP contribution in [-0.2, 0) is 6.42 Å². The molecule has 2 saturated heterocycles. The predicted octanol–water partition coefficient (Wildman–Crippen LogP) is 6.04. The van der Waals surface area contributed by atoms with Crippen molar-refractivity contribution in [1.82, 2.24) is 9.80 Å². The van der Waals surface area contributed by atoms with E-state index >= 15 is 0 Å². The molecule has 0 spiro atoms. The number of likely N-dealkylation sites (N-methyl/N-ethyl adjacent to an activating group) is 1. The zero-order valence-corrected chi connectivity index (χ0v) is 19.5. The van der Waals surface area contributed by atoms with E-state index in [1.54, 1.807) is 0 Å². The summed E-state index contributed by atoms with van der Waals surface area (Å²) in [7, 11) is 2.20. The molecule has 2 fully saturated rings. The molecule has 0 aliphatic carbocycles. The summed E-state index contributed by atoms with van der Waals surface area (Å²) >= 11 is 6.22. The Kier molecular flexibility index (Phi) is 8.35. The quantitative estimate of drug-likeness (QED) is 0.301. The average molecular weight is 426 g/mol. The van der Waals surface area contributed by atoms with Gasteiger partial charge in [0.2, 0.25) is 0 Å². The Labute approximate surface area is 187 Å². The highest BCUT2D eigenvalue weighted by atomic mass is 35.5. The van der Waals surface area contributed by atoms with Crippen LogP contribution in [0, 0.1) is 5.92 Å². The Morgan fingerprint density at radius 1 is 1.17 bits per heavy atom. The first-order chi connectivity index (χ1) is 14.4. The second kappa shape index (κ2) is 11.0. The van der Waals surface area contributed by atoms with Crippen molar-refractivity contribution in [1.29, 1.82) is 0 Å². The van der Waals surface area contributed by atoms with Crippen LogP contribution in [0.5, 0.6) is 0 Å². The highest BCUT2D eigenvalue weighted by Crippen LogP contribution is 2.25. The van der Waals surface area contributed by atoms with Gasteiger partial charge in [-0.2, -0.15) is 0 Å². The summed E-state index contributed by atoms with van der Waals surface area (Å²) in [4.78, 5) is 9.67. The third-order valence-corrected chi connectivity index (χ3v) is 6.29. The minimum absolute atomic E-state index is 0.434. The van der Waals surface area contributed by atoms with Gasteiger partial charge in [-0.25, -0.2) is 4.99 Å². The van der Waals surface area contributed by atoms with Gasteiger partial charge in [-0.05, 0) is 82.3 Å². The van der Waals surface area contributed by atoms with Gasteiger partial charge in [-0.15, -0.1) is 0 Å². The molecular weight excluding hydrogens is 390 g/mol. The highest BCUT2D eigenvalue weighted by Gasteiger charge is 2.28. The summed E-state index contributed by atoms with van der Waals surface area (Å²) in [5, 5.41) is 0.764. The number of hydrogen-bond acceptors (Lipinski definition) is 2. The van der Waals surface area contributed by atoms with Gasteiger partial charge in [0.25, 0.3) is 0 Å². The average Bonchev–Trinajstić information content (AvgIpc) is 2.67. The first-order valence-electron chi connectivity index (χ1n) is 11.2. The molecule has 0 aromatic heterocycles. The fourth-order valence-corrected chi connectivity index (χ4v) is 4.55. The van der Waals surface area contributed by atoms with Crippen molar-refractivity contribution in [3.05, 3.63) is 70.9 Å². The number of piperidine rings is 1. The molecular formula is C26H36ClN3. The normalized spacial score (nSPS) is 22.2. The summed E-state index contributed by atoms with van der Waals surface area (Å²) in [6.07, 6.45) is 10.2. The van der Waals surface area contributed by atoms with Crippen LogP contribution < -0.4 is 0 Å². The van der Waals surface area contributed by atoms with Crippen molar-refractivity contribution < 1.29 is 0 Å². The smallest absolute Gasteiger partial charge is 0.129 e. The Hall–Kier alpha value is -1.84. The van der Waals surface area contributed by atoms with E-state index in [0.29, 0.717) is 6.04 Å². The maximum absolute atomic E-state index is 6.22. The molecule has 0 radical (unpaired) electrons. The minimum atomic E-state index is 0.434. The lowest BCUT2D eigenvalue weighted by molar-refractivity contribution is 0.179. The van der Waals surface area contributed by atoms with E-state index in [1.165, 1.54) is 31.2 Å². The van der Waals surface area contributed by atoms with E-state index in [2.05, 4.69) is 66.8 Å². The minimum Gasteiger partial charge on any atom is -0.356 e. The highest BCUT2D eigenvalue weighted by molar-refractivity contribution is 6.30. The summed E-state index contributed by atoms with van der Waals surface area (Å²) in [6, 6.07) is 11.2. The number of aliphatic imine (C=N–C) groups is 1. The van der Waals surface area contributed by atoms with E-state index < -0.39 is 0 Å². The van der Waals surface area contributed by atoms with Crippen LogP contribution in [0.25, 0.3) is 0 Å². The number of rotatable bonds is 7. The number of amidine groups is 1. The summed E-state index contributed by atoms with van der Waals surface area (Å²) in [6.45, 7) is 11.6. The molecule has 0 amide bonds. The maximum atomic E-state index is 6.22. The molecule has 0 bridgehead atoms. The van der Waals surface area contributed by atoms with Crippen LogP contribution in [0.4, 0.5) is 0 Å². The van der Waals surface area contributed by atoms with Crippen molar-refractivity contribution in [2.45, 2.75) is 52.0 Å². The first-order valence-corrected chi connectivity index (χ1v) is 11.6. The summed E-state index contributed by atoms with van der Waals surface area (Å²) < 4.78 is 0. The van der Waals surface area contributed by atoms with E-state index in [0.717, 1.165) is 54.1 Å². The second-order valence-corrected chi connectivity index (χ2v) is 9.45. The predicted molar refractivity (Wildman–Crippen MR) is 130 cm³/mol. The molecule has 2 aliphatic heterocycles. The fourth-order valence-electron chi connectivity index (χ4n) is 4.45. The number of hydrogen-bond donors (Lipinski definition) is 0. The Morgan fingerprint density at radius 3 is 2.57 bits per heavy atom. The zero-order valence-electron chi connectivity index (χ0n) is 18.8. The molecule has 1 aromatic rings. The van der Waals surface area contributed by atoms with Gasteiger partial charge in [0.15, 0.2) is 0 Å². The largest absolute Gasteiger partial charge is 0.356 e. The molecule has 30 heavy (non-hydrogen) atoms. The van der Waals surface area contributed by atoms with E-state index in [-0.39, 0.29) is 0 Å². The molecule has 1 atom stereocenters. The van der Waals surface area contributed by atoms with Gasteiger partial charge in [0, 0.05) is 29.9 Å². The van der Waals surface area contributed by atoms with Gasteiger partial charge < -0.3 is 4.90 Å². The molecule has 3 nitrogen and oxygen atoms in total. The monoisotopic (exact) mass is 425 g/mol. The van der Waals surface area contributed by atoms with Crippen molar-refractivity contribution >= 4 is 17.4 Å². The van der Waals surface area contributed by atoms with Crippen LogP contribution in [0.2, 0.25) is 0 Å². The number of nitrogens with zero attached hydrogens (tertiary/aromatic N) is 3. The fraction of sp³-hybridized carbons (Fsp3) is 0.500. The Bertz CT molecular complexity index is 799. The van der Waals surface area contributed by atoms with Gasteiger partial charge in [-0.1, -0.05) is 54.9 Å². The molecule has 3 rings (SSSR count). The molecule has 2 heterocycles. The standard InChI is InChI=1S/C26H36ClN3/c1-20(25-12-8-9-15-29(25)4)16-22(3)28-26(17-21(2)27)30-18-24(19-30)14-13-23-10-6-5-7-11-23/h5-7,10-11,16-17,24-25H,1,8-9,12-15,18-19H2,2-4H3/b21-17+,22-16+,28-26-. The van der Waals surface area contributed by atoms with Crippen LogP contribution in [-0.4, -0.2) is 48.4 Å². The van der Waals surface area contributed by atoms with Gasteiger partial charge in [0.05, 0.1) is 0 Å². The number of likely N-dealkylation sites (tertiary alicyclic amines) is 2. The van der Waals surface area contributed by atoms with Gasteiger partial charge in [-0.3, -0.25) is 4.90 Å². The van der Waals surface area contributed by atoms with E-state index in [4.69, 9.17) is 16.6 Å². The number of halogens is 1. The maximum Gasteiger partial charge on any atom is 0.129 e. The third kappa shape index (κ3) is 6.58. The van der Waals surface area contributed by atoms with Crippen LogP contribution in [0.1, 0.15) is 45.1 Å². The SMILES string of the molecule is C=C(/C=C(C)/N=C(/C=C(\C)Cl)N1CC(CCc2ccccc2)C1)C1CCCCN1C. The van der Waals surface area contributed by atoms with E-state index in [9.17, 15) is 0 Å². The van der Waals surface area contributed by atoms with Crippen LogP contribution >= 0.6 is 11.6 Å². The molecule has 0 saturated carbocycles. The van der Waals surface area contributed by atoms with E-state index in [1.807, 2.05) is 13.0 Å². The van der Waals surface area contributed by atoms with Crippen LogP contribution in [0.3, 0.4) is 0 Å². The third-order valence-electron chi connectivity index (χ3n) is 6.18. The van der Waals surface area contributed by atoms with Crippen molar-refractivity contribution in [2.75, 3.05) is 26.7 Å². The van der Waals surface area contributed by atoms with Crippen LogP contribution in [0.15, 0.2) is 70.4 Å². The molecule has 0 N–H and O–H groups in total. The topological polar surface area (TPSA) is 18.8 Å². The number of benzene rings is 1. The lowest BCUT2D eigenvalue weighted by Crippen LogP contribution is -2.49. The lowest BCUT2D eigenvalue weighted by atomic mass is 9.92. The molecule has 2 aliphatic rings. The van der Waals surface area contributed by atoms with Crippen molar-refractivity contribution in [2.24, 2.45) is 10.9 Å². The second-order valence-electron chi connectivity index (χ2n) is 8.85. The Morgan fingerprint density at radius 2 is 1.90 bits per heavy atom. The van der Waals surface area contributed by atoms with Gasteiger partial charge >= 0.3 is 0 Å². The summed E-state index contributed by atoms with van der Waals surface area (Å²) in [5.74, 6) is 1.69. The molecule has 162 valence electrons. The molecule has 1 aromatic carbocycles. The van der Waals surface area contributed by atoms with Crippen molar-refractivity contribution in [3.63, 3.8) is 0 Å². The number of aryl methyl sites for hydroxylation is 1. The molecule has 1 unspecified atom stereocenters. The van der Waals surface area contributed by atoms with Crippen molar-refractivity contribution in [3.8, 4) is 0 Å². The lowest BCUT2D eigenvalue weighted by Gasteiger charge is -2.41. The molecule has 4 heteroatoms. The summed E-state index contributed by atoms with van der Waals surface area (Å²) in [5.41, 5.74) is 3.58. The van der Waals surface area contributed by atoms with Gasteiger partial charge in [0.1, 0.15) is 5.84 Å². The Balaban J connectivity index is 1.59. The zero-order chi connectivity index (χ0) is 21.5. The first kappa shape index (κ1) is 22.8. The number of allylic oxidation sites excluding steroid dienone is 2.